The maximum Gasteiger partial charge on any atom is 0.146 e. The second kappa shape index (κ2) is 5.88. The summed E-state index contributed by atoms with van der Waals surface area (Å²) in [6, 6.07) is 0. The van der Waals surface area contributed by atoms with Gasteiger partial charge in [0.1, 0.15) is 12.2 Å². The molecule has 0 aromatic heterocycles. The van der Waals surface area contributed by atoms with Crippen LogP contribution in [0.5, 0.6) is 0 Å². The fourth-order valence-corrected chi connectivity index (χ4v) is 1.46. The number of nitrogens with zero attached hydrogens (tertiary/aromatic N) is 2. The zero-order valence-corrected chi connectivity index (χ0v) is 8.29. The largest absolute Gasteiger partial charge is 0.488 e. The van der Waals surface area contributed by atoms with Crippen LogP contribution in [0.4, 0.5) is 0 Å². The Morgan fingerprint density at radius 2 is 2.23 bits per heavy atom. The van der Waals surface area contributed by atoms with Crippen LogP contribution in [0.1, 0.15) is 12.8 Å². The number of thiocarbonyl (C=S) groups is 1. The van der Waals surface area contributed by atoms with Gasteiger partial charge in [-0.25, -0.2) is 0 Å². The summed E-state index contributed by atoms with van der Waals surface area (Å²) in [6.07, 6.45) is 1.71. The van der Waals surface area contributed by atoms with Crippen LogP contribution in [0.15, 0.2) is 5.16 Å². The van der Waals surface area contributed by atoms with Gasteiger partial charge in [-0.15, -0.1) is 0 Å². The van der Waals surface area contributed by atoms with E-state index in [1.807, 2.05) is 0 Å². The van der Waals surface area contributed by atoms with E-state index in [4.69, 9.17) is 9.94 Å². The molecule has 1 heterocycles. The molecule has 1 fully saturated rings. The van der Waals surface area contributed by atoms with Gasteiger partial charge >= 0.3 is 0 Å². The van der Waals surface area contributed by atoms with E-state index in [2.05, 4.69) is 22.3 Å². The van der Waals surface area contributed by atoms with Crippen molar-refractivity contribution in [3.63, 3.8) is 0 Å². The van der Waals surface area contributed by atoms with Gasteiger partial charge in [-0.2, -0.15) is 0 Å². The lowest BCUT2D eigenvalue weighted by Gasteiger charge is -2.26. The summed E-state index contributed by atoms with van der Waals surface area (Å²) in [5, 5.41) is 11.7. The Balaban J connectivity index is 2.14. The number of ether oxygens (including phenoxy) is 1. The van der Waals surface area contributed by atoms with E-state index in [1.54, 1.807) is 0 Å². The molecule has 1 N–H and O–H groups in total. The van der Waals surface area contributed by atoms with Crippen LogP contribution >= 0.6 is 12.2 Å². The molecule has 0 bridgehead atoms. The fraction of sp³-hybridized carbons (Fsp3) is 0.750. The summed E-state index contributed by atoms with van der Waals surface area (Å²) in [5.74, 6) is 0. The zero-order chi connectivity index (χ0) is 9.52. The first-order valence-electron chi connectivity index (χ1n) is 4.34. The Labute approximate surface area is 83.2 Å². The highest BCUT2D eigenvalue weighted by atomic mass is 32.1. The maximum atomic E-state index is 8.52. The smallest absolute Gasteiger partial charge is 0.146 e. The number of oxime groups is 1. The molecule has 74 valence electrons. The van der Waals surface area contributed by atoms with Crippen LogP contribution in [0.25, 0.3) is 0 Å². The second-order valence-corrected chi connectivity index (χ2v) is 3.17. The second-order valence-electron chi connectivity index (χ2n) is 2.97. The third-order valence-corrected chi connectivity index (χ3v) is 2.30. The Morgan fingerprint density at radius 3 is 2.77 bits per heavy atom. The first-order valence-corrected chi connectivity index (χ1v) is 4.81. The van der Waals surface area contributed by atoms with Crippen LogP contribution < -0.4 is 0 Å². The molecule has 0 aliphatic carbocycles. The molecule has 0 saturated carbocycles. The van der Waals surface area contributed by atoms with Crippen molar-refractivity contribution >= 4 is 23.5 Å². The van der Waals surface area contributed by atoms with Crippen molar-refractivity contribution in [1.29, 1.82) is 0 Å². The highest BCUT2D eigenvalue weighted by Gasteiger charge is 2.14. The molecule has 0 spiro atoms. The van der Waals surface area contributed by atoms with Crippen molar-refractivity contribution in [3.8, 4) is 0 Å². The number of piperidine rings is 1. The van der Waals surface area contributed by atoms with E-state index < -0.39 is 0 Å². The Morgan fingerprint density at radius 1 is 1.54 bits per heavy atom. The van der Waals surface area contributed by atoms with Crippen molar-refractivity contribution in [3.05, 3.63) is 0 Å². The normalized spacial score (nSPS) is 18.3. The maximum absolute atomic E-state index is 8.52. The molecular weight excluding hydrogens is 188 g/mol. The average molecular weight is 202 g/mol. The quantitative estimate of drug-likeness (QED) is 0.318. The van der Waals surface area contributed by atoms with Gasteiger partial charge in [0, 0.05) is 32.5 Å². The SMILES string of the molecule is ON=C1CCN(CCOC=S)CC1. The molecule has 0 unspecified atom stereocenters. The number of rotatable bonds is 4. The lowest BCUT2D eigenvalue weighted by Crippen LogP contribution is -2.36. The lowest BCUT2D eigenvalue weighted by atomic mass is 10.1. The molecule has 4 nitrogen and oxygen atoms in total. The highest BCUT2D eigenvalue weighted by Crippen LogP contribution is 2.06. The molecule has 0 radical (unpaired) electrons. The topological polar surface area (TPSA) is 45.1 Å². The van der Waals surface area contributed by atoms with Crippen molar-refractivity contribution in [2.75, 3.05) is 26.2 Å². The molecule has 0 aromatic rings. The van der Waals surface area contributed by atoms with E-state index in [-0.39, 0.29) is 0 Å². The van der Waals surface area contributed by atoms with Gasteiger partial charge in [-0.3, -0.25) is 4.90 Å². The molecule has 1 aliphatic rings. The molecule has 13 heavy (non-hydrogen) atoms. The molecule has 1 saturated heterocycles. The Bertz CT molecular complexity index is 187. The molecule has 0 atom stereocenters. The Hall–Kier alpha value is -0.680. The lowest BCUT2D eigenvalue weighted by molar-refractivity contribution is 0.207. The summed E-state index contributed by atoms with van der Waals surface area (Å²) < 4.78 is 4.96. The van der Waals surface area contributed by atoms with Gasteiger partial charge in [-0.05, 0) is 12.2 Å². The van der Waals surface area contributed by atoms with Gasteiger partial charge in [0.05, 0.1) is 5.71 Å². The highest BCUT2D eigenvalue weighted by molar-refractivity contribution is 7.78. The van der Waals surface area contributed by atoms with Crippen molar-refractivity contribution in [2.45, 2.75) is 12.8 Å². The van der Waals surface area contributed by atoms with Crippen LogP contribution in [0, 0.1) is 0 Å². The van der Waals surface area contributed by atoms with Crippen molar-refractivity contribution in [1.82, 2.24) is 4.90 Å². The van der Waals surface area contributed by atoms with Gasteiger partial charge in [0.25, 0.3) is 0 Å². The number of hydrogen-bond donors (Lipinski definition) is 1. The molecular formula is C8H14N2O2S. The minimum absolute atomic E-state index is 0.648. The number of likely N-dealkylation sites (tertiary alicyclic amines) is 1. The monoisotopic (exact) mass is 202 g/mol. The van der Waals surface area contributed by atoms with Crippen molar-refractivity contribution < 1.29 is 9.94 Å². The zero-order valence-electron chi connectivity index (χ0n) is 7.48. The van der Waals surface area contributed by atoms with Crippen LogP contribution in [-0.4, -0.2) is 47.6 Å². The van der Waals surface area contributed by atoms with E-state index >= 15 is 0 Å². The summed E-state index contributed by atoms with van der Waals surface area (Å²) in [4.78, 5) is 2.27. The molecule has 5 heteroatoms. The van der Waals surface area contributed by atoms with Gasteiger partial charge in [0.15, 0.2) is 0 Å². The van der Waals surface area contributed by atoms with Gasteiger partial charge in [0.2, 0.25) is 0 Å². The standard InChI is InChI=1S/C8H14N2O2S/c11-9-8-1-3-10(4-2-8)5-6-12-7-13/h7,11H,1-6H2. The third-order valence-electron chi connectivity index (χ3n) is 2.17. The molecule has 0 amide bonds. The van der Waals surface area contributed by atoms with Gasteiger partial charge in [-0.1, -0.05) is 5.16 Å². The van der Waals surface area contributed by atoms with E-state index in [0.29, 0.717) is 6.61 Å². The van der Waals surface area contributed by atoms with E-state index in [0.717, 1.165) is 38.2 Å². The van der Waals surface area contributed by atoms with Crippen molar-refractivity contribution in [2.24, 2.45) is 5.16 Å². The number of hydrogen-bond acceptors (Lipinski definition) is 5. The Kier molecular flexibility index (Phi) is 4.70. The minimum atomic E-state index is 0.648. The first kappa shape index (κ1) is 10.4. The van der Waals surface area contributed by atoms with Crippen LogP contribution in [-0.2, 0) is 4.74 Å². The van der Waals surface area contributed by atoms with E-state index in [1.165, 1.54) is 5.55 Å². The third kappa shape index (κ3) is 3.69. The molecule has 1 rings (SSSR count). The molecule has 0 aromatic carbocycles. The summed E-state index contributed by atoms with van der Waals surface area (Å²) in [5.41, 5.74) is 2.19. The van der Waals surface area contributed by atoms with Crippen LogP contribution in [0.3, 0.4) is 0 Å². The van der Waals surface area contributed by atoms with E-state index in [9.17, 15) is 0 Å². The van der Waals surface area contributed by atoms with Gasteiger partial charge < -0.3 is 9.94 Å². The average Bonchev–Trinajstić information content (AvgIpc) is 2.19. The summed E-state index contributed by atoms with van der Waals surface area (Å²) in [7, 11) is 0. The summed E-state index contributed by atoms with van der Waals surface area (Å²) >= 11 is 4.54. The predicted molar refractivity (Wildman–Crippen MR) is 54.5 cm³/mol. The molecule has 1 aliphatic heterocycles. The summed E-state index contributed by atoms with van der Waals surface area (Å²) in [6.45, 7) is 3.43. The first-order chi connectivity index (χ1) is 6.36. The minimum Gasteiger partial charge on any atom is -0.488 e. The fourth-order valence-electron chi connectivity index (χ4n) is 1.36. The van der Waals surface area contributed by atoms with Crippen LogP contribution in [0.2, 0.25) is 0 Å². The predicted octanol–water partition coefficient (Wildman–Crippen LogP) is 0.886.